The van der Waals surface area contributed by atoms with Crippen LogP contribution in [0.15, 0.2) is 29.4 Å². The average Bonchev–Trinajstić information content (AvgIpc) is 3.11. The molecule has 0 spiro atoms. The molecule has 3 rings (SSSR count). The monoisotopic (exact) mass is 429 g/mol. The van der Waals surface area contributed by atoms with E-state index in [0.29, 0.717) is 29.2 Å². The van der Waals surface area contributed by atoms with Gasteiger partial charge < -0.3 is 15.2 Å². The zero-order valence-electron chi connectivity index (χ0n) is 18.0. The standard InChI is InChI=1S/C22H31N5O2S/c1-4-27-19(13-20(28)23-17-11-9-15(2)10-12-17)25-26-22(27)30-14-21(29)24-18-8-6-5-7-16(18)3/h9-12,16,18H,4-8,13-14H2,1-3H3,(H,23,28)(H,24,29). The van der Waals surface area contributed by atoms with E-state index >= 15 is 0 Å². The SMILES string of the molecule is CCn1c(CC(=O)Nc2ccc(C)cc2)nnc1SCC(=O)NC1CCCCC1C. The molecule has 1 aliphatic rings. The molecule has 1 aliphatic carbocycles. The Morgan fingerprint density at radius 3 is 2.57 bits per heavy atom. The van der Waals surface area contributed by atoms with Gasteiger partial charge in [0.15, 0.2) is 5.16 Å². The number of nitrogens with zero attached hydrogens (tertiary/aromatic N) is 3. The van der Waals surface area contributed by atoms with Crippen LogP contribution in [0.5, 0.6) is 0 Å². The highest BCUT2D eigenvalue weighted by molar-refractivity contribution is 7.99. The predicted molar refractivity (Wildman–Crippen MR) is 119 cm³/mol. The summed E-state index contributed by atoms with van der Waals surface area (Å²) in [5, 5.41) is 15.1. The van der Waals surface area contributed by atoms with Gasteiger partial charge in [-0.15, -0.1) is 10.2 Å². The van der Waals surface area contributed by atoms with E-state index in [1.54, 1.807) is 0 Å². The van der Waals surface area contributed by atoms with Gasteiger partial charge in [0.2, 0.25) is 11.8 Å². The molecule has 1 fully saturated rings. The lowest BCUT2D eigenvalue weighted by atomic mass is 9.86. The molecule has 0 saturated heterocycles. The summed E-state index contributed by atoms with van der Waals surface area (Å²) in [4.78, 5) is 24.8. The summed E-state index contributed by atoms with van der Waals surface area (Å²) < 4.78 is 1.90. The highest BCUT2D eigenvalue weighted by Crippen LogP contribution is 2.24. The zero-order chi connectivity index (χ0) is 21.5. The molecule has 2 N–H and O–H groups in total. The molecule has 2 aromatic rings. The van der Waals surface area contributed by atoms with Crippen LogP contribution in [0.25, 0.3) is 0 Å². The number of hydrogen-bond donors (Lipinski definition) is 2. The van der Waals surface area contributed by atoms with Crippen LogP contribution < -0.4 is 10.6 Å². The third kappa shape index (κ3) is 6.08. The Morgan fingerprint density at radius 1 is 1.13 bits per heavy atom. The molecular weight excluding hydrogens is 398 g/mol. The van der Waals surface area contributed by atoms with Crippen LogP contribution in [0.3, 0.4) is 0 Å². The molecule has 2 atom stereocenters. The van der Waals surface area contributed by atoms with Crippen LogP contribution in [0.2, 0.25) is 0 Å². The van der Waals surface area contributed by atoms with E-state index in [1.165, 1.54) is 31.0 Å². The average molecular weight is 430 g/mol. The van der Waals surface area contributed by atoms with Gasteiger partial charge in [-0.05, 0) is 44.7 Å². The van der Waals surface area contributed by atoms with Gasteiger partial charge in [0.05, 0.1) is 12.2 Å². The first-order chi connectivity index (χ1) is 14.5. The molecule has 8 heteroatoms. The number of anilines is 1. The summed E-state index contributed by atoms with van der Waals surface area (Å²) >= 11 is 1.37. The van der Waals surface area contributed by atoms with E-state index in [1.807, 2.05) is 42.7 Å². The Morgan fingerprint density at radius 2 is 1.87 bits per heavy atom. The van der Waals surface area contributed by atoms with Crippen LogP contribution in [0, 0.1) is 12.8 Å². The van der Waals surface area contributed by atoms with Gasteiger partial charge in [-0.1, -0.05) is 49.2 Å². The van der Waals surface area contributed by atoms with Crippen LogP contribution in [-0.4, -0.2) is 38.4 Å². The maximum atomic E-state index is 12.4. The number of aromatic nitrogens is 3. The molecule has 162 valence electrons. The second-order valence-electron chi connectivity index (χ2n) is 7.96. The van der Waals surface area contributed by atoms with Crippen molar-refractivity contribution in [2.45, 2.75) is 70.6 Å². The quantitative estimate of drug-likeness (QED) is 0.626. The maximum absolute atomic E-state index is 12.4. The fourth-order valence-corrected chi connectivity index (χ4v) is 4.60. The largest absolute Gasteiger partial charge is 0.352 e. The highest BCUT2D eigenvalue weighted by Gasteiger charge is 2.23. The van der Waals surface area contributed by atoms with E-state index in [0.717, 1.165) is 17.7 Å². The number of carbonyl (C=O) groups is 2. The summed E-state index contributed by atoms with van der Waals surface area (Å²) in [6.07, 6.45) is 4.81. The van der Waals surface area contributed by atoms with Crippen molar-refractivity contribution in [1.82, 2.24) is 20.1 Å². The molecule has 30 heavy (non-hydrogen) atoms. The Hall–Kier alpha value is -2.35. The molecule has 0 aliphatic heterocycles. The minimum atomic E-state index is -0.137. The summed E-state index contributed by atoms with van der Waals surface area (Å²) in [7, 11) is 0. The minimum absolute atomic E-state index is 0.0306. The summed E-state index contributed by atoms with van der Waals surface area (Å²) in [6.45, 7) is 6.84. The third-order valence-electron chi connectivity index (χ3n) is 5.55. The fourth-order valence-electron chi connectivity index (χ4n) is 3.77. The Balaban J connectivity index is 1.53. The van der Waals surface area contributed by atoms with Crippen molar-refractivity contribution in [3.63, 3.8) is 0 Å². The number of benzene rings is 1. The molecule has 1 aromatic carbocycles. The normalized spacial score (nSPS) is 18.8. The lowest BCUT2D eigenvalue weighted by Crippen LogP contribution is -2.41. The number of aryl methyl sites for hydroxylation is 1. The fraction of sp³-hybridized carbons (Fsp3) is 0.545. The van der Waals surface area contributed by atoms with Crippen LogP contribution in [0.4, 0.5) is 5.69 Å². The van der Waals surface area contributed by atoms with Gasteiger partial charge >= 0.3 is 0 Å². The minimum Gasteiger partial charge on any atom is -0.352 e. The van der Waals surface area contributed by atoms with E-state index in [9.17, 15) is 9.59 Å². The van der Waals surface area contributed by atoms with Gasteiger partial charge in [0.25, 0.3) is 0 Å². The van der Waals surface area contributed by atoms with Crippen LogP contribution >= 0.6 is 11.8 Å². The lowest BCUT2D eigenvalue weighted by Gasteiger charge is -2.29. The van der Waals surface area contributed by atoms with Crippen molar-refractivity contribution >= 4 is 29.3 Å². The van der Waals surface area contributed by atoms with E-state index in [4.69, 9.17) is 0 Å². The van der Waals surface area contributed by atoms with E-state index in [2.05, 4.69) is 27.8 Å². The van der Waals surface area contributed by atoms with Crippen molar-refractivity contribution < 1.29 is 9.59 Å². The van der Waals surface area contributed by atoms with Gasteiger partial charge in [0, 0.05) is 18.3 Å². The van der Waals surface area contributed by atoms with Crippen molar-refractivity contribution in [3.8, 4) is 0 Å². The smallest absolute Gasteiger partial charge is 0.232 e. The molecule has 0 bridgehead atoms. The summed E-state index contributed by atoms with van der Waals surface area (Å²) in [5.74, 6) is 1.33. The van der Waals surface area contributed by atoms with Crippen molar-refractivity contribution in [3.05, 3.63) is 35.7 Å². The van der Waals surface area contributed by atoms with Crippen LogP contribution in [-0.2, 0) is 22.6 Å². The van der Waals surface area contributed by atoms with Gasteiger partial charge in [-0.2, -0.15) is 0 Å². The molecular formula is C22H31N5O2S. The first-order valence-electron chi connectivity index (χ1n) is 10.7. The van der Waals surface area contributed by atoms with Crippen molar-refractivity contribution in [2.24, 2.45) is 5.92 Å². The first-order valence-corrected chi connectivity index (χ1v) is 11.7. The lowest BCUT2D eigenvalue weighted by molar-refractivity contribution is -0.120. The zero-order valence-corrected chi connectivity index (χ0v) is 18.8. The molecule has 7 nitrogen and oxygen atoms in total. The Kier molecular flexibility index (Phi) is 7.90. The number of amides is 2. The number of carbonyl (C=O) groups excluding carboxylic acids is 2. The highest BCUT2D eigenvalue weighted by atomic mass is 32.2. The molecule has 1 saturated carbocycles. The number of thioether (sulfide) groups is 1. The molecule has 2 unspecified atom stereocenters. The van der Waals surface area contributed by atoms with Crippen molar-refractivity contribution in [1.29, 1.82) is 0 Å². The summed E-state index contributed by atoms with van der Waals surface area (Å²) in [5.41, 5.74) is 1.90. The number of nitrogens with one attached hydrogen (secondary N) is 2. The molecule has 2 amide bonds. The molecule has 0 radical (unpaired) electrons. The number of hydrogen-bond acceptors (Lipinski definition) is 5. The summed E-state index contributed by atoms with van der Waals surface area (Å²) in [6, 6.07) is 7.95. The van der Waals surface area contributed by atoms with Crippen LogP contribution in [0.1, 0.15) is 50.9 Å². The van der Waals surface area contributed by atoms with Gasteiger partial charge in [-0.25, -0.2) is 0 Å². The Labute approximate surface area is 182 Å². The van der Waals surface area contributed by atoms with Crippen molar-refractivity contribution in [2.75, 3.05) is 11.1 Å². The maximum Gasteiger partial charge on any atom is 0.232 e. The molecule has 1 heterocycles. The van der Waals surface area contributed by atoms with E-state index in [-0.39, 0.29) is 24.3 Å². The third-order valence-corrected chi connectivity index (χ3v) is 6.52. The number of rotatable bonds is 8. The predicted octanol–water partition coefficient (Wildman–Crippen LogP) is 3.57. The Bertz CT molecular complexity index is 865. The van der Waals surface area contributed by atoms with E-state index < -0.39 is 0 Å². The van der Waals surface area contributed by atoms with Gasteiger partial charge in [-0.3, -0.25) is 9.59 Å². The second kappa shape index (κ2) is 10.6. The topological polar surface area (TPSA) is 88.9 Å². The first kappa shape index (κ1) is 22.3. The van der Waals surface area contributed by atoms with Gasteiger partial charge in [0.1, 0.15) is 5.82 Å². The second-order valence-corrected chi connectivity index (χ2v) is 8.90. The molecule has 1 aromatic heterocycles.